The molecule has 0 amide bonds. The molecule has 3 rings (SSSR count). The standard InChI is InChI=1S/C19H19NO4S/c1-4-22-18(21)13(3)23-14-6-8-15(9-7-14)24-19-20-16-10-5-12(2)11-17(16)25-19/h5-11,13H,4H2,1-3H3/t13-/m1/s1. The van der Waals surface area contributed by atoms with Gasteiger partial charge in [-0.1, -0.05) is 17.4 Å². The summed E-state index contributed by atoms with van der Waals surface area (Å²) in [6.45, 7) is 5.81. The van der Waals surface area contributed by atoms with Gasteiger partial charge < -0.3 is 14.2 Å². The van der Waals surface area contributed by atoms with Crippen molar-refractivity contribution in [2.75, 3.05) is 6.61 Å². The molecule has 5 nitrogen and oxygen atoms in total. The Kier molecular flexibility index (Phi) is 5.19. The van der Waals surface area contributed by atoms with Gasteiger partial charge in [-0.2, -0.15) is 0 Å². The first-order valence-electron chi connectivity index (χ1n) is 8.03. The van der Waals surface area contributed by atoms with Gasteiger partial charge in [0.1, 0.15) is 11.5 Å². The highest BCUT2D eigenvalue weighted by molar-refractivity contribution is 7.20. The third-order valence-electron chi connectivity index (χ3n) is 3.48. The number of hydrogen-bond donors (Lipinski definition) is 0. The van der Waals surface area contributed by atoms with Crippen LogP contribution in [0.25, 0.3) is 10.2 Å². The fourth-order valence-corrected chi connectivity index (χ4v) is 3.19. The minimum Gasteiger partial charge on any atom is -0.479 e. The third-order valence-corrected chi connectivity index (χ3v) is 4.38. The van der Waals surface area contributed by atoms with Gasteiger partial charge in [0.05, 0.1) is 16.8 Å². The first kappa shape index (κ1) is 17.2. The average Bonchev–Trinajstić information content (AvgIpc) is 2.98. The molecular weight excluding hydrogens is 338 g/mol. The maximum absolute atomic E-state index is 11.6. The maximum Gasteiger partial charge on any atom is 0.347 e. The topological polar surface area (TPSA) is 57.7 Å². The van der Waals surface area contributed by atoms with Gasteiger partial charge in [-0.05, 0) is 62.7 Å². The van der Waals surface area contributed by atoms with E-state index in [1.165, 1.54) is 16.9 Å². The number of aryl methyl sites for hydroxylation is 1. The number of nitrogens with zero attached hydrogens (tertiary/aromatic N) is 1. The molecule has 3 aromatic rings. The van der Waals surface area contributed by atoms with Gasteiger partial charge in [0.15, 0.2) is 6.10 Å². The molecule has 0 aliphatic rings. The van der Waals surface area contributed by atoms with Crippen LogP contribution in [0.4, 0.5) is 0 Å². The van der Waals surface area contributed by atoms with E-state index in [1.54, 1.807) is 38.1 Å². The van der Waals surface area contributed by atoms with Crippen LogP contribution in [0, 0.1) is 6.92 Å². The normalized spacial score (nSPS) is 12.0. The third kappa shape index (κ3) is 4.28. The van der Waals surface area contributed by atoms with E-state index in [2.05, 4.69) is 18.0 Å². The number of carbonyl (C=O) groups is 1. The van der Waals surface area contributed by atoms with E-state index in [0.717, 1.165) is 10.2 Å². The van der Waals surface area contributed by atoms with Crippen molar-refractivity contribution >= 4 is 27.5 Å². The number of thiazole rings is 1. The summed E-state index contributed by atoms with van der Waals surface area (Å²) < 4.78 is 17.4. The summed E-state index contributed by atoms with van der Waals surface area (Å²) in [5.41, 5.74) is 2.12. The fraction of sp³-hybridized carbons (Fsp3) is 0.263. The van der Waals surface area contributed by atoms with E-state index < -0.39 is 6.10 Å². The molecule has 0 spiro atoms. The highest BCUT2D eigenvalue weighted by Gasteiger charge is 2.15. The second-order valence-corrected chi connectivity index (χ2v) is 6.53. The summed E-state index contributed by atoms with van der Waals surface area (Å²) in [5.74, 6) is 0.854. The van der Waals surface area contributed by atoms with Crippen LogP contribution in [0.3, 0.4) is 0 Å². The minimum atomic E-state index is -0.654. The zero-order chi connectivity index (χ0) is 17.8. The van der Waals surface area contributed by atoms with Gasteiger partial charge in [-0.15, -0.1) is 0 Å². The van der Waals surface area contributed by atoms with Crippen molar-refractivity contribution in [3.63, 3.8) is 0 Å². The van der Waals surface area contributed by atoms with E-state index in [9.17, 15) is 4.79 Å². The van der Waals surface area contributed by atoms with E-state index in [1.807, 2.05) is 12.1 Å². The predicted molar refractivity (Wildman–Crippen MR) is 97.6 cm³/mol. The van der Waals surface area contributed by atoms with Gasteiger partial charge in [-0.25, -0.2) is 9.78 Å². The molecule has 2 aromatic carbocycles. The van der Waals surface area contributed by atoms with Crippen LogP contribution in [0.1, 0.15) is 19.4 Å². The van der Waals surface area contributed by atoms with Crippen LogP contribution in [0.2, 0.25) is 0 Å². The van der Waals surface area contributed by atoms with E-state index in [0.29, 0.717) is 23.3 Å². The lowest BCUT2D eigenvalue weighted by atomic mass is 10.2. The van der Waals surface area contributed by atoms with Crippen molar-refractivity contribution in [1.82, 2.24) is 4.98 Å². The first-order valence-corrected chi connectivity index (χ1v) is 8.85. The van der Waals surface area contributed by atoms with Gasteiger partial charge in [-0.3, -0.25) is 0 Å². The zero-order valence-electron chi connectivity index (χ0n) is 14.3. The monoisotopic (exact) mass is 357 g/mol. The largest absolute Gasteiger partial charge is 0.479 e. The number of aromatic nitrogens is 1. The first-order chi connectivity index (χ1) is 12.0. The Labute approximate surface area is 150 Å². The molecule has 6 heteroatoms. The second kappa shape index (κ2) is 7.53. The van der Waals surface area contributed by atoms with Crippen LogP contribution in [0.15, 0.2) is 42.5 Å². The van der Waals surface area contributed by atoms with Gasteiger partial charge >= 0.3 is 5.97 Å². The van der Waals surface area contributed by atoms with Crippen molar-refractivity contribution in [3.05, 3.63) is 48.0 Å². The van der Waals surface area contributed by atoms with Gasteiger partial charge in [0, 0.05) is 0 Å². The molecule has 0 radical (unpaired) electrons. The summed E-state index contributed by atoms with van der Waals surface area (Å²) >= 11 is 1.50. The highest BCUT2D eigenvalue weighted by Crippen LogP contribution is 2.32. The highest BCUT2D eigenvalue weighted by atomic mass is 32.1. The van der Waals surface area contributed by atoms with Crippen molar-refractivity contribution in [1.29, 1.82) is 0 Å². The van der Waals surface area contributed by atoms with Gasteiger partial charge in [0.25, 0.3) is 5.19 Å². The molecule has 0 saturated carbocycles. The molecule has 1 heterocycles. The molecule has 1 atom stereocenters. The number of fused-ring (bicyclic) bond motifs is 1. The molecule has 0 aliphatic heterocycles. The predicted octanol–water partition coefficient (Wildman–Crippen LogP) is 4.73. The summed E-state index contributed by atoms with van der Waals surface area (Å²) in [6.07, 6.45) is -0.654. The smallest absolute Gasteiger partial charge is 0.347 e. The number of rotatable bonds is 6. The van der Waals surface area contributed by atoms with Crippen LogP contribution >= 0.6 is 11.3 Å². The number of benzene rings is 2. The number of hydrogen-bond acceptors (Lipinski definition) is 6. The molecule has 0 N–H and O–H groups in total. The minimum absolute atomic E-state index is 0.334. The van der Waals surface area contributed by atoms with E-state index in [-0.39, 0.29) is 5.97 Å². The SMILES string of the molecule is CCOC(=O)[C@@H](C)Oc1ccc(Oc2nc3ccc(C)cc3s2)cc1. The fourth-order valence-electron chi connectivity index (χ4n) is 2.25. The number of carbonyl (C=O) groups excluding carboxylic acids is 1. The Morgan fingerprint density at radius 1 is 1.16 bits per heavy atom. The zero-order valence-corrected chi connectivity index (χ0v) is 15.1. The van der Waals surface area contributed by atoms with Crippen LogP contribution in [0.5, 0.6) is 16.7 Å². The van der Waals surface area contributed by atoms with Crippen molar-refractivity contribution in [2.24, 2.45) is 0 Å². The van der Waals surface area contributed by atoms with Crippen molar-refractivity contribution < 1.29 is 19.0 Å². The molecule has 0 unspecified atom stereocenters. The maximum atomic E-state index is 11.6. The molecular formula is C19H19NO4S. The molecule has 25 heavy (non-hydrogen) atoms. The van der Waals surface area contributed by atoms with Gasteiger partial charge in [0.2, 0.25) is 0 Å². The lowest BCUT2D eigenvalue weighted by Crippen LogP contribution is -2.25. The molecule has 130 valence electrons. The molecule has 0 bridgehead atoms. The Bertz CT molecular complexity index is 873. The average molecular weight is 357 g/mol. The molecule has 1 aromatic heterocycles. The summed E-state index contributed by atoms with van der Waals surface area (Å²) in [7, 11) is 0. The van der Waals surface area contributed by atoms with Crippen molar-refractivity contribution in [3.8, 4) is 16.7 Å². The van der Waals surface area contributed by atoms with Crippen molar-refractivity contribution in [2.45, 2.75) is 26.9 Å². The molecule has 0 fully saturated rings. The summed E-state index contributed by atoms with van der Waals surface area (Å²) in [6, 6.07) is 13.2. The lowest BCUT2D eigenvalue weighted by Gasteiger charge is -2.13. The summed E-state index contributed by atoms with van der Waals surface area (Å²) in [5, 5.41) is 0.592. The van der Waals surface area contributed by atoms with Crippen LogP contribution in [-0.2, 0) is 9.53 Å². The number of ether oxygens (including phenoxy) is 3. The Morgan fingerprint density at radius 2 is 1.88 bits per heavy atom. The Balaban J connectivity index is 1.66. The van der Waals surface area contributed by atoms with E-state index >= 15 is 0 Å². The van der Waals surface area contributed by atoms with Crippen LogP contribution < -0.4 is 9.47 Å². The molecule has 0 saturated heterocycles. The Hall–Kier alpha value is -2.60. The van der Waals surface area contributed by atoms with Crippen LogP contribution in [-0.4, -0.2) is 23.7 Å². The second-order valence-electron chi connectivity index (χ2n) is 5.54. The Morgan fingerprint density at radius 3 is 2.60 bits per heavy atom. The number of esters is 1. The van der Waals surface area contributed by atoms with E-state index in [4.69, 9.17) is 14.2 Å². The quantitative estimate of drug-likeness (QED) is 0.597. The molecule has 0 aliphatic carbocycles. The summed E-state index contributed by atoms with van der Waals surface area (Å²) in [4.78, 5) is 16.1. The lowest BCUT2D eigenvalue weighted by molar-refractivity contribution is -0.150.